The number of anilines is 1. The topological polar surface area (TPSA) is 55.3 Å². The standard InChI is InChI=1S/C14H17N3O/c15-14-12-10-17(9-7-13(12)16-18-14)8-6-11-4-2-1-3-5-11/h1-5H,6-10,15H2. The molecule has 1 aliphatic rings. The number of nitrogens with two attached hydrogens (primary N) is 1. The van der Waals surface area contributed by atoms with Gasteiger partial charge < -0.3 is 10.3 Å². The van der Waals surface area contributed by atoms with Gasteiger partial charge in [-0.05, 0) is 12.0 Å². The van der Waals surface area contributed by atoms with Gasteiger partial charge in [0.1, 0.15) is 0 Å². The molecule has 0 radical (unpaired) electrons. The number of aromatic nitrogens is 1. The number of benzene rings is 1. The van der Waals surface area contributed by atoms with Gasteiger partial charge >= 0.3 is 0 Å². The molecule has 1 aromatic heterocycles. The van der Waals surface area contributed by atoms with E-state index in [1.54, 1.807) is 0 Å². The highest BCUT2D eigenvalue weighted by molar-refractivity contribution is 5.40. The second kappa shape index (κ2) is 4.82. The fraction of sp³-hybridized carbons (Fsp3) is 0.357. The molecule has 94 valence electrons. The van der Waals surface area contributed by atoms with E-state index in [0.717, 1.165) is 43.7 Å². The highest BCUT2D eigenvalue weighted by Gasteiger charge is 2.22. The van der Waals surface area contributed by atoms with Gasteiger partial charge in [-0.25, -0.2) is 0 Å². The van der Waals surface area contributed by atoms with Crippen molar-refractivity contribution in [3.05, 3.63) is 47.2 Å². The van der Waals surface area contributed by atoms with Crippen LogP contribution in [0.3, 0.4) is 0 Å². The van der Waals surface area contributed by atoms with E-state index in [0.29, 0.717) is 5.88 Å². The third kappa shape index (κ3) is 2.24. The van der Waals surface area contributed by atoms with Crippen molar-refractivity contribution in [3.63, 3.8) is 0 Å². The summed E-state index contributed by atoms with van der Waals surface area (Å²) in [6.07, 6.45) is 2.01. The summed E-state index contributed by atoms with van der Waals surface area (Å²) in [5, 5.41) is 3.98. The lowest BCUT2D eigenvalue weighted by Crippen LogP contribution is -2.32. The Morgan fingerprint density at radius 3 is 2.94 bits per heavy atom. The van der Waals surface area contributed by atoms with Gasteiger partial charge in [0.2, 0.25) is 5.88 Å². The zero-order valence-corrected chi connectivity index (χ0v) is 10.3. The van der Waals surface area contributed by atoms with Crippen molar-refractivity contribution >= 4 is 5.88 Å². The van der Waals surface area contributed by atoms with Crippen molar-refractivity contribution in [1.82, 2.24) is 10.1 Å². The van der Waals surface area contributed by atoms with Crippen LogP contribution < -0.4 is 5.73 Å². The fourth-order valence-corrected chi connectivity index (χ4v) is 2.41. The first-order chi connectivity index (χ1) is 8.83. The zero-order chi connectivity index (χ0) is 12.4. The maximum absolute atomic E-state index is 5.78. The Hall–Kier alpha value is -1.81. The van der Waals surface area contributed by atoms with Crippen LogP contribution in [0.2, 0.25) is 0 Å². The predicted octanol–water partition coefficient (Wildman–Crippen LogP) is 1.86. The number of rotatable bonds is 3. The Kier molecular flexibility index (Phi) is 3.02. The molecule has 0 bridgehead atoms. The molecule has 0 amide bonds. The van der Waals surface area contributed by atoms with Gasteiger partial charge in [0.15, 0.2) is 0 Å². The third-order valence-electron chi connectivity index (χ3n) is 3.51. The lowest BCUT2D eigenvalue weighted by molar-refractivity contribution is 0.256. The molecule has 0 aliphatic carbocycles. The van der Waals surface area contributed by atoms with Crippen LogP contribution in [0.1, 0.15) is 16.8 Å². The van der Waals surface area contributed by atoms with Gasteiger partial charge in [-0.2, -0.15) is 0 Å². The zero-order valence-electron chi connectivity index (χ0n) is 10.3. The van der Waals surface area contributed by atoms with Crippen LogP contribution >= 0.6 is 0 Å². The summed E-state index contributed by atoms with van der Waals surface area (Å²) >= 11 is 0. The van der Waals surface area contributed by atoms with E-state index in [9.17, 15) is 0 Å². The molecular weight excluding hydrogens is 226 g/mol. The molecule has 0 unspecified atom stereocenters. The average Bonchev–Trinajstić information content (AvgIpc) is 2.79. The van der Waals surface area contributed by atoms with Crippen molar-refractivity contribution in [3.8, 4) is 0 Å². The Morgan fingerprint density at radius 1 is 1.28 bits per heavy atom. The number of hydrogen-bond acceptors (Lipinski definition) is 4. The first kappa shape index (κ1) is 11.3. The molecular formula is C14H17N3O. The van der Waals surface area contributed by atoms with Crippen LogP contribution in [0, 0.1) is 0 Å². The molecule has 2 aromatic rings. The van der Waals surface area contributed by atoms with Gasteiger partial charge in [0, 0.05) is 26.1 Å². The summed E-state index contributed by atoms with van der Waals surface area (Å²) in [5.41, 5.74) is 9.26. The molecule has 4 nitrogen and oxygen atoms in total. The molecule has 3 rings (SSSR count). The monoisotopic (exact) mass is 243 g/mol. The largest absolute Gasteiger partial charge is 0.367 e. The second-order valence-electron chi connectivity index (χ2n) is 4.73. The Balaban J connectivity index is 1.61. The number of nitrogens with zero attached hydrogens (tertiary/aromatic N) is 2. The van der Waals surface area contributed by atoms with Gasteiger partial charge in [-0.15, -0.1) is 0 Å². The van der Waals surface area contributed by atoms with Crippen molar-refractivity contribution in [2.75, 3.05) is 18.8 Å². The lowest BCUT2D eigenvalue weighted by Gasteiger charge is -2.25. The van der Waals surface area contributed by atoms with E-state index in [2.05, 4.69) is 40.4 Å². The Bertz CT molecular complexity index is 521. The molecule has 0 fully saturated rings. The molecule has 18 heavy (non-hydrogen) atoms. The maximum Gasteiger partial charge on any atom is 0.226 e. The summed E-state index contributed by atoms with van der Waals surface area (Å²) in [6, 6.07) is 10.6. The van der Waals surface area contributed by atoms with E-state index in [4.69, 9.17) is 10.3 Å². The number of nitrogen functional groups attached to an aromatic ring is 1. The molecule has 4 heteroatoms. The highest BCUT2D eigenvalue weighted by Crippen LogP contribution is 2.23. The van der Waals surface area contributed by atoms with Crippen molar-refractivity contribution < 1.29 is 4.52 Å². The summed E-state index contributed by atoms with van der Waals surface area (Å²) in [6.45, 7) is 2.94. The molecule has 1 aliphatic heterocycles. The highest BCUT2D eigenvalue weighted by atomic mass is 16.5. The summed E-state index contributed by atoms with van der Waals surface area (Å²) in [4.78, 5) is 2.41. The van der Waals surface area contributed by atoms with Gasteiger partial charge in [0.05, 0.1) is 11.3 Å². The molecule has 1 aromatic carbocycles. The van der Waals surface area contributed by atoms with Gasteiger partial charge in [0.25, 0.3) is 0 Å². The third-order valence-corrected chi connectivity index (χ3v) is 3.51. The molecule has 0 saturated heterocycles. The molecule has 2 N–H and O–H groups in total. The Labute approximate surface area is 106 Å². The quantitative estimate of drug-likeness (QED) is 0.894. The minimum absolute atomic E-state index is 0.481. The SMILES string of the molecule is Nc1onc2c1CN(CCc1ccccc1)CC2. The van der Waals surface area contributed by atoms with Crippen LogP contribution in [0.5, 0.6) is 0 Å². The van der Waals surface area contributed by atoms with E-state index in [1.165, 1.54) is 5.56 Å². The van der Waals surface area contributed by atoms with E-state index < -0.39 is 0 Å². The van der Waals surface area contributed by atoms with Crippen molar-refractivity contribution in [1.29, 1.82) is 0 Å². The number of hydrogen-bond donors (Lipinski definition) is 1. The van der Waals surface area contributed by atoms with Gasteiger partial charge in [-0.1, -0.05) is 35.5 Å². The molecule has 0 saturated carbocycles. The van der Waals surface area contributed by atoms with Crippen LogP contribution in [0.4, 0.5) is 5.88 Å². The van der Waals surface area contributed by atoms with Crippen molar-refractivity contribution in [2.24, 2.45) is 0 Å². The summed E-state index contributed by atoms with van der Waals surface area (Å²) in [7, 11) is 0. The second-order valence-corrected chi connectivity index (χ2v) is 4.73. The Morgan fingerprint density at radius 2 is 2.11 bits per heavy atom. The maximum atomic E-state index is 5.78. The van der Waals surface area contributed by atoms with Crippen LogP contribution in [0.25, 0.3) is 0 Å². The van der Waals surface area contributed by atoms with E-state index >= 15 is 0 Å². The van der Waals surface area contributed by atoms with Crippen LogP contribution in [-0.4, -0.2) is 23.1 Å². The first-order valence-electron chi connectivity index (χ1n) is 6.32. The minimum Gasteiger partial charge on any atom is -0.367 e. The fourth-order valence-electron chi connectivity index (χ4n) is 2.41. The first-order valence-corrected chi connectivity index (χ1v) is 6.32. The van der Waals surface area contributed by atoms with E-state index in [-0.39, 0.29) is 0 Å². The molecule has 0 spiro atoms. The normalized spacial score (nSPS) is 15.6. The predicted molar refractivity (Wildman–Crippen MR) is 70.0 cm³/mol. The van der Waals surface area contributed by atoms with Crippen LogP contribution in [-0.2, 0) is 19.4 Å². The van der Waals surface area contributed by atoms with E-state index in [1.807, 2.05) is 0 Å². The van der Waals surface area contributed by atoms with Crippen molar-refractivity contribution in [2.45, 2.75) is 19.4 Å². The minimum atomic E-state index is 0.481. The smallest absolute Gasteiger partial charge is 0.226 e. The van der Waals surface area contributed by atoms with Crippen LogP contribution in [0.15, 0.2) is 34.9 Å². The molecule has 2 heterocycles. The summed E-state index contributed by atoms with van der Waals surface area (Å²) < 4.78 is 5.03. The number of fused-ring (bicyclic) bond motifs is 1. The average molecular weight is 243 g/mol. The van der Waals surface area contributed by atoms with Gasteiger partial charge in [-0.3, -0.25) is 4.90 Å². The molecule has 0 atom stereocenters. The lowest BCUT2D eigenvalue weighted by atomic mass is 10.1. The summed E-state index contributed by atoms with van der Waals surface area (Å²) in [5.74, 6) is 0.481.